The fourth-order valence-corrected chi connectivity index (χ4v) is 4.70. The Morgan fingerprint density at radius 2 is 1.10 bits per heavy atom. The lowest BCUT2D eigenvalue weighted by Crippen LogP contribution is -2.50. The Kier molecular flexibility index (Phi) is 30.4. The number of hydrogen-bond acceptors (Lipinski definition) is 6. The number of likely N-dealkylation sites (N-methyl/N-ethyl adjacent to an activating group) is 1. The van der Waals surface area contributed by atoms with Crippen molar-refractivity contribution >= 4 is 17.9 Å². The maximum Gasteiger partial charge on any atom is 0.362 e. The van der Waals surface area contributed by atoms with Gasteiger partial charge in [-0.3, -0.25) is 9.59 Å². The van der Waals surface area contributed by atoms with E-state index in [9.17, 15) is 19.5 Å². The number of carboxylic acids is 1. The number of carbonyl (C=O) groups excluding carboxylic acids is 2. The normalized spacial score (nSPS) is 14.0. The van der Waals surface area contributed by atoms with Crippen LogP contribution >= 0.6 is 0 Å². The predicted molar refractivity (Wildman–Crippen MR) is 206 cm³/mol. The van der Waals surface area contributed by atoms with Crippen LogP contribution in [0.25, 0.3) is 0 Å². The lowest BCUT2D eigenvalue weighted by molar-refractivity contribution is -0.887. The van der Waals surface area contributed by atoms with Gasteiger partial charge in [0.25, 0.3) is 0 Å². The van der Waals surface area contributed by atoms with Crippen molar-refractivity contribution in [1.82, 2.24) is 0 Å². The van der Waals surface area contributed by atoms with Crippen molar-refractivity contribution < 1.29 is 38.2 Å². The molecule has 0 heterocycles. The van der Waals surface area contributed by atoms with Crippen LogP contribution in [-0.2, 0) is 28.6 Å². The van der Waals surface area contributed by atoms with E-state index in [1.54, 1.807) is 0 Å². The van der Waals surface area contributed by atoms with E-state index in [2.05, 4.69) is 86.8 Å². The fraction of sp³-hybridized carbons (Fsp3) is 0.595. The molecule has 8 heteroatoms. The summed E-state index contributed by atoms with van der Waals surface area (Å²) in [5.41, 5.74) is 0. The van der Waals surface area contributed by atoms with E-state index in [0.29, 0.717) is 19.3 Å². The number of allylic oxidation sites excluding steroid dienone is 14. The molecule has 1 N–H and O–H groups in total. The zero-order chi connectivity index (χ0) is 37.1. The number of carbonyl (C=O) groups is 3. The van der Waals surface area contributed by atoms with Crippen molar-refractivity contribution in [3.8, 4) is 0 Å². The number of aliphatic carboxylic acids is 1. The lowest BCUT2D eigenvalue weighted by Gasteiger charge is -2.31. The number of carboxylic acid groups (broad SMARTS) is 1. The van der Waals surface area contributed by atoms with Gasteiger partial charge >= 0.3 is 17.9 Å². The van der Waals surface area contributed by atoms with Crippen molar-refractivity contribution in [3.63, 3.8) is 0 Å². The molecule has 282 valence electrons. The summed E-state index contributed by atoms with van der Waals surface area (Å²) in [7, 11) is 5.47. The monoisotopic (exact) mass is 698 g/mol. The Labute approximate surface area is 303 Å². The van der Waals surface area contributed by atoms with Gasteiger partial charge < -0.3 is 23.8 Å². The number of rotatable bonds is 31. The minimum atomic E-state index is -0.895. The molecule has 0 saturated carbocycles. The van der Waals surface area contributed by atoms with Gasteiger partial charge in [-0.25, -0.2) is 4.79 Å². The molecule has 0 radical (unpaired) electrons. The van der Waals surface area contributed by atoms with Crippen LogP contribution in [0.4, 0.5) is 0 Å². The largest absolute Gasteiger partial charge is 0.477 e. The second-order valence-electron chi connectivity index (χ2n) is 13.1. The average Bonchev–Trinajstić information content (AvgIpc) is 3.06. The van der Waals surface area contributed by atoms with Crippen molar-refractivity contribution in [3.05, 3.63) is 85.1 Å². The highest BCUT2D eigenvalue weighted by molar-refractivity contribution is 5.72. The summed E-state index contributed by atoms with van der Waals surface area (Å²) >= 11 is 0. The van der Waals surface area contributed by atoms with Gasteiger partial charge in [0, 0.05) is 19.3 Å². The first-order chi connectivity index (χ1) is 24.1. The standard InChI is InChI=1S/C42H67NO7/c1-6-8-10-12-14-16-18-20-22-24-26-28-30-32-40(44)49-37-38(36-48-35-34-39(42(46)47)43(3,4)5)50-41(45)33-31-29-27-25-23-21-19-17-15-13-11-9-7-2/h8-11,14-17,20-23,27,29,38-39H,6-7,12-13,18-19,24-26,28,30-37H2,1-5H3/p+1/b10-8-,11-9-,16-14-,17-15-,22-20-,23-21-,29-27-. The van der Waals surface area contributed by atoms with Crippen LogP contribution in [-0.4, -0.2) is 80.6 Å². The SMILES string of the molecule is CC/C=C\C/C=C\C/C=C\C/C=C\CCC(=O)OC(COCCC(C(=O)O)[N+](C)(C)C)COC(=O)CCCCC/C=C\C/C=C\C/C=C\CC. The first kappa shape index (κ1) is 46.5. The third-order valence-corrected chi connectivity index (χ3v) is 7.55. The second-order valence-corrected chi connectivity index (χ2v) is 13.1. The Bertz CT molecular complexity index is 1090. The third-order valence-electron chi connectivity index (χ3n) is 7.55. The fourth-order valence-electron chi connectivity index (χ4n) is 4.70. The van der Waals surface area contributed by atoms with Crippen LogP contribution in [0, 0.1) is 0 Å². The Morgan fingerprint density at radius 3 is 1.60 bits per heavy atom. The zero-order valence-electron chi connectivity index (χ0n) is 31.8. The smallest absolute Gasteiger partial charge is 0.362 e. The molecule has 50 heavy (non-hydrogen) atoms. The lowest BCUT2D eigenvalue weighted by atomic mass is 10.1. The molecule has 0 aliphatic carbocycles. The van der Waals surface area contributed by atoms with E-state index in [4.69, 9.17) is 14.2 Å². The molecule has 0 saturated heterocycles. The number of esters is 2. The van der Waals surface area contributed by atoms with E-state index in [-0.39, 0.29) is 36.7 Å². The van der Waals surface area contributed by atoms with Crippen molar-refractivity contribution in [1.29, 1.82) is 0 Å². The molecule has 2 unspecified atom stereocenters. The number of nitrogens with zero attached hydrogens (tertiary/aromatic N) is 1. The minimum Gasteiger partial charge on any atom is -0.477 e. The molecule has 0 amide bonds. The number of ether oxygens (including phenoxy) is 3. The molecule has 0 aliphatic heterocycles. The quantitative estimate of drug-likeness (QED) is 0.0333. The molecule has 0 aliphatic rings. The van der Waals surface area contributed by atoms with E-state index in [1.807, 2.05) is 33.3 Å². The Balaban J connectivity index is 4.62. The molecular formula is C42H68NO7+. The highest BCUT2D eigenvalue weighted by atomic mass is 16.6. The van der Waals surface area contributed by atoms with Gasteiger partial charge in [-0.05, 0) is 70.6 Å². The Hall–Kier alpha value is -3.49. The first-order valence-corrected chi connectivity index (χ1v) is 18.6. The first-order valence-electron chi connectivity index (χ1n) is 18.6. The van der Waals surface area contributed by atoms with Crippen LogP contribution in [0.1, 0.15) is 110 Å². The predicted octanol–water partition coefficient (Wildman–Crippen LogP) is 9.40. The van der Waals surface area contributed by atoms with Crippen molar-refractivity contribution in [2.45, 2.75) is 122 Å². The van der Waals surface area contributed by atoms with E-state index in [0.717, 1.165) is 70.6 Å². The van der Waals surface area contributed by atoms with Crippen LogP contribution in [0.15, 0.2) is 85.1 Å². The van der Waals surface area contributed by atoms with Gasteiger partial charge in [-0.1, -0.05) is 105 Å². The highest BCUT2D eigenvalue weighted by Gasteiger charge is 2.31. The van der Waals surface area contributed by atoms with Gasteiger partial charge in [0.1, 0.15) is 6.61 Å². The van der Waals surface area contributed by atoms with Gasteiger partial charge in [-0.15, -0.1) is 0 Å². The molecule has 0 rings (SSSR count). The van der Waals surface area contributed by atoms with Crippen molar-refractivity contribution in [2.75, 3.05) is 41.0 Å². The summed E-state index contributed by atoms with van der Waals surface area (Å²) < 4.78 is 17.1. The van der Waals surface area contributed by atoms with E-state index < -0.39 is 24.1 Å². The van der Waals surface area contributed by atoms with Gasteiger partial charge in [0.2, 0.25) is 0 Å². The Morgan fingerprint density at radius 1 is 0.600 bits per heavy atom. The molecule has 2 atom stereocenters. The molecule has 0 aromatic heterocycles. The van der Waals surface area contributed by atoms with Crippen molar-refractivity contribution in [2.24, 2.45) is 0 Å². The zero-order valence-corrected chi connectivity index (χ0v) is 31.8. The number of unbranched alkanes of at least 4 members (excludes halogenated alkanes) is 3. The van der Waals surface area contributed by atoms with Crippen LogP contribution in [0.3, 0.4) is 0 Å². The molecule has 0 spiro atoms. The van der Waals surface area contributed by atoms with Crippen LogP contribution < -0.4 is 0 Å². The molecule has 0 fully saturated rings. The van der Waals surface area contributed by atoms with Crippen LogP contribution in [0.5, 0.6) is 0 Å². The van der Waals surface area contributed by atoms with E-state index in [1.165, 1.54) is 0 Å². The summed E-state index contributed by atoms with van der Waals surface area (Å²) in [4.78, 5) is 36.7. The summed E-state index contributed by atoms with van der Waals surface area (Å²) in [6.45, 7) is 4.35. The number of quaternary nitrogens is 1. The molecule has 8 nitrogen and oxygen atoms in total. The maximum atomic E-state index is 12.6. The summed E-state index contributed by atoms with van der Waals surface area (Å²) in [5, 5.41) is 9.57. The summed E-state index contributed by atoms with van der Waals surface area (Å²) in [5.74, 6) is -1.63. The molecule has 0 bridgehead atoms. The minimum absolute atomic E-state index is 0.0173. The van der Waals surface area contributed by atoms with Gasteiger partial charge in [0.15, 0.2) is 12.1 Å². The molecular weight excluding hydrogens is 630 g/mol. The highest BCUT2D eigenvalue weighted by Crippen LogP contribution is 2.10. The molecule has 0 aromatic rings. The van der Waals surface area contributed by atoms with Gasteiger partial charge in [-0.2, -0.15) is 0 Å². The number of hydrogen-bond donors (Lipinski definition) is 1. The maximum absolute atomic E-state index is 12.6. The van der Waals surface area contributed by atoms with E-state index >= 15 is 0 Å². The second kappa shape index (κ2) is 32.7. The summed E-state index contributed by atoms with van der Waals surface area (Å²) in [6.07, 6.45) is 40.8. The summed E-state index contributed by atoms with van der Waals surface area (Å²) in [6, 6.07) is -0.634. The third kappa shape index (κ3) is 30.6. The van der Waals surface area contributed by atoms with Gasteiger partial charge in [0.05, 0.1) is 34.4 Å². The average molecular weight is 699 g/mol. The molecule has 0 aromatic carbocycles. The van der Waals surface area contributed by atoms with Crippen LogP contribution in [0.2, 0.25) is 0 Å². The topological polar surface area (TPSA) is 99.1 Å².